The predicted octanol–water partition coefficient (Wildman–Crippen LogP) is 2.01. The molecule has 8 nitrogen and oxygen atoms in total. The Morgan fingerprint density at radius 2 is 1.94 bits per heavy atom. The normalized spacial score (nSPS) is 19.4. The fraction of sp³-hybridized carbons (Fsp3) is 0.542. The summed E-state index contributed by atoms with van der Waals surface area (Å²) >= 11 is 0. The van der Waals surface area contributed by atoms with Crippen LogP contribution in [-0.2, 0) is 16.0 Å². The molecule has 1 aromatic carbocycles. The Balaban J connectivity index is 1.21. The molecule has 0 radical (unpaired) electrons. The number of amides is 1. The number of ether oxygens (including phenoxy) is 1. The van der Waals surface area contributed by atoms with Gasteiger partial charge in [0.05, 0.1) is 11.4 Å². The first kappa shape index (κ1) is 22.3. The van der Waals surface area contributed by atoms with E-state index in [4.69, 9.17) is 4.74 Å². The molecule has 0 aliphatic carbocycles. The lowest BCUT2D eigenvalue weighted by molar-refractivity contribution is -0.142. The number of guanidine groups is 1. The van der Waals surface area contributed by atoms with Gasteiger partial charge in [-0.1, -0.05) is 18.2 Å². The predicted molar refractivity (Wildman–Crippen MR) is 125 cm³/mol. The van der Waals surface area contributed by atoms with Gasteiger partial charge in [-0.05, 0) is 50.3 Å². The molecule has 0 spiro atoms. The Kier molecular flexibility index (Phi) is 7.42. The molecular weight excluding hydrogens is 404 g/mol. The minimum atomic E-state index is -0.228. The van der Waals surface area contributed by atoms with Gasteiger partial charge in [0.1, 0.15) is 6.10 Å². The van der Waals surface area contributed by atoms with Gasteiger partial charge in [0, 0.05) is 52.6 Å². The summed E-state index contributed by atoms with van der Waals surface area (Å²) < 4.78 is 7.51. The number of carbonyl (C=O) groups excluding carboxylic acids is 1. The summed E-state index contributed by atoms with van der Waals surface area (Å²) in [6.07, 6.45) is 5.70. The number of nitrogens with one attached hydrogen (secondary N) is 1. The minimum Gasteiger partial charge on any atom is -0.368 e. The van der Waals surface area contributed by atoms with E-state index in [1.54, 1.807) is 0 Å². The first-order valence-corrected chi connectivity index (χ1v) is 11.6. The molecule has 4 rings (SSSR count). The second-order valence-corrected chi connectivity index (χ2v) is 8.41. The van der Waals surface area contributed by atoms with E-state index in [1.807, 2.05) is 34.8 Å². The summed E-state index contributed by atoms with van der Waals surface area (Å²) in [6.45, 7) is 6.65. The van der Waals surface area contributed by atoms with Crippen molar-refractivity contribution in [3.05, 3.63) is 47.8 Å². The molecule has 1 atom stereocenters. The highest BCUT2D eigenvalue weighted by molar-refractivity contribution is 5.82. The van der Waals surface area contributed by atoms with Crippen LogP contribution in [0.25, 0.3) is 5.69 Å². The van der Waals surface area contributed by atoms with Crippen molar-refractivity contribution in [3.8, 4) is 5.69 Å². The van der Waals surface area contributed by atoms with Gasteiger partial charge < -0.3 is 19.9 Å². The second kappa shape index (κ2) is 10.6. The van der Waals surface area contributed by atoms with Crippen molar-refractivity contribution in [1.82, 2.24) is 24.9 Å². The van der Waals surface area contributed by atoms with Gasteiger partial charge in [-0.3, -0.25) is 9.79 Å². The highest BCUT2D eigenvalue weighted by Gasteiger charge is 2.30. The van der Waals surface area contributed by atoms with Crippen LogP contribution in [0.15, 0.2) is 41.5 Å². The van der Waals surface area contributed by atoms with E-state index in [2.05, 4.69) is 45.6 Å². The molecule has 1 aromatic heterocycles. The van der Waals surface area contributed by atoms with Crippen LogP contribution in [0.3, 0.4) is 0 Å². The number of benzene rings is 1. The quantitative estimate of drug-likeness (QED) is 0.424. The average Bonchev–Trinajstić information content (AvgIpc) is 3.50. The molecule has 2 aromatic rings. The summed E-state index contributed by atoms with van der Waals surface area (Å²) in [4.78, 5) is 21.2. The summed E-state index contributed by atoms with van der Waals surface area (Å²) in [5.41, 5.74) is 3.43. The van der Waals surface area contributed by atoms with Gasteiger partial charge in [0.25, 0.3) is 5.91 Å². The molecule has 172 valence electrons. The first-order valence-electron chi connectivity index (χ1n) is 11.6. The molecule has 32 heavy (non-hydrogen) atoms. The second-order valence-electron chi connectivity index (χ2n) is 8.41. The Labute approximate surface area is 190 Å². The lowest BCUT2D eigenvalue weighted by Crippen LogP contribution is -2.55. The van der Waals surface area contributed by atoms with Crippen molar-refractivity contribution in [2.45, 2.75) is 38.7 Å². The van der Waals surface area contributed by atoms with E-state index in [-0.39, 0.29) is 12.0 Å². The van der Waals surface area contributed by atoms with Crippen molar-refractivity contribution in [1.29, 1.82) is 0 Å². The van der Waals surface area contributed by atoms with Crippen molar-refractivity contribution in [2.24, 2.45) is 4.99 Å². The monoisotopic (exact) mass is 438 g/mol. The zero-order chi connectivity index (χ0) is 22.3. The third-order valence-corrected chi connectivity index (χ3v) is 6.24. The standard InChI is InChI=1S/C24H34N6O2/c1-19-20(18-30(27-19)21-9-4-3-5-10-21)8-6-12-26-24(25-2)29-15-13-28(14-16-29)23(31)22-11-7-17-32-22/h3-5,9-10,18,22H,6-8,11-17H2,1-2H3,(H,25,26). The number of piperazine rings is 1. The number of nitrogens with zero attached hydrogens (tertiary/aromatic N) is 5. The maximum Gasteiger partial charge on any atom is 0.251 e. The van der Waals surface area contributed by atoms with Crippen molar-refractivity contribution < 1.29 is 9.53 Å². The van der Waals surface area contributed by atoms with E-state index >= 15 is 0 Å². The van der Waals surface area contributed by atoms with Gasteiger partial charge in [0.2, 0.25) is 0 Å². The molecule has 8 heteroatoms. The fourth-order valence-electron chi connectivity index (χ4n) is 4.38. The molecule has 0 bridgehead atoms. The fourth-order valence-corrected chi connectivity index (χ4v) is 4.38. The molecule has 2 aliphatic heterocycles. The number of rotatable bonds is 6. The molecule has 1 unspecified atom stereocenters. The average molecular weight is 439 g/mol. The molecule has 1 N–H and O–H groups in total. The lowest BCUT2D eigenvalue weighted by atomic mass is 10.1. The molecule has 2 saturated heterocycles. The van der Waals surface area contributed by atoms with Crippen LogP contribution in [-0.4, -0.2) is 83.9 Å². The Morgan fingerprint density at radius 3 is 2.62 bits per heavy atom. The van der Waals surface area contributed by atoms with E-state index in [0.717, 1.165) is 75.7 Å². The van der Waals surface area contributed by atoms with Gasteiger partial charge >= 0.3 is 0 Å². The van der Waals surface area contributed by atoms with E-state index < -0.39 is 0 Å². The SMILES string of the molecule is CN=C(NCCCc1cn(-c2ccccc2)nc1C)N1CCN(C(=O)C2CCCO2)CC1. The largest absolute Gasteiger partial charge is 0.368 e. The minimum absolute atomic E-state index is 0.150. The third-order valence-electron chi connectivity index (χ3n) is 6.24. The van der Waals surface area contributed by atoms with Gasteiger partial charge in [-0.2, -0.15) is 5.10 Å². The van der Waals surface area contributed by atoms with E-state index in [0.29, 0.717) is 6.61 Å². The number of hydrogen-bond acceptors (Lipinski definition) is 4. The van der Waals surface area contributed by atoms with Crippen LogP contribution in [0, 0.1) is 6.92 Å². The summed E-state index contributed by atoms with van der Waals surface area (Å²) in [7, 11) is 1.82. The number of para-hydroxylation sites is 1. The number of aromatic nitrogens is 2. The van der Waals surface area contributed by atoms with Crippen LogP contribution in [0.4, 0.5) is 0 Å². The number of aryl methyl sites for hydroxylation is 2. The van der Waals surface area contributed by atoms with Gasteiger partial charge in [-0.15, -0.1) is 0 Å². The smallest absolute Gasteiger partial charge is 0.251 e. The Morgan fingerprint density at radius 1 is 1.19 bits per heavy atom. The highest BCUT2D eigenvalue weighted by atomic mass is 16.5. The summed E-state index contributed by atoms with van der Waals surface area (Å²) in [6, 6.07) is 10.2. The van der Waals surface area contributed by atoms with Crippen molar-refractivity contribution >= 4 is 11.9 Å². The highest BCUT2D eigenvalue weighted by Crippen LogP contribution is 2.16. The maximum absolute atomic E-state index is 12.5. The molecule has 0 saturated carbocycles. The summed E-state index contributed by atoms with van der Waals surface area (Å²) in [5, 5.41) is 8.14. The molecule has 2 aliphatic rings. The Hall–Kier alpha value is -2.87. The molecule has 3 heterocycles. The lowest BCUT2D eigenvalue weighted by Gasteiger charge is -2.37. The van der Waals surface area contributed by atoms with Gasteiger partial charge in [0.15, 0.2) is 5.96 Å². The van der Waals surface area contributed by atoms with Gasteiger partial charge in [-0.25, -0.2) is 4.68 Å². The molecule has 2 fully saturated rings. The zero-order valence-corrected chi connectivity index (χ0v) is 19.2. The zero-order valence-electron chi connectivity index (χ0n) is 19.2. The van der Waals surface area contributed by atoms with Crippen LogP contribution in [0.5, 0.6) is 0 Å². The first-order chi connectivity index (χ1) is 15.7. The number of hydrogen-bond donors (Lipinski definition) is 1. The number of carbonyl (C=O) groups is 1. The third kappa shape index (κ3) is 5.30. The van der Waals surface area contributed by atoms with Crippen molar-refractivity contribution in [2.75, 3.05) is 46.4 Å². The van der Waals surface area contributed by atoms with Crippen LogP contribution in [0.2, 0.25) is 0 Å². The van der Waals surface area contributed by atoms with E-state index in [9.17, 15) is 4.79 Å². The van der Waals surface area contributed by atoms with Crippen LogP contribution < -0.4 is 5.32 Å². The van der Waals surface area contributed by atoms with Crippen molar-refractivity contribution in [3.63, 3.8) is 0 Å². The van der Waals surface area contributed by atoms with Crippen LogP contribution >= 0.6 is 0 Å². The van der Waals surface area contributed by atoms with E-state index in [1.165, 1.54) is 5.56 Å². The number of aliphatic imine (C=N–C) groups is 1. The maximum atomic E-state index is 12.5. The Bertz CT molecular complexity index is 912. The van der Waals surface area contributed by atoms with Crippen LogP contribution in [0.1, 0.15) is 30.5 Å². The molecule has 1 amide bonds. The summed E-state index contributed by atoms with van der Waals surface area (Å²) in [5.74, 6) is 1.06. The topological polar surface area (TPSA) is 75.0 Å². The molecular formula is C24H34N6O2.